The topological polar surface area (TPSA) is 75.9 Å². The predicted molar refractivity (Wildman–Crippen MR) is 81.4 cm³/mol. The molecule has 1 aromatic rings. The third-order valence-corrected chi connectivity index (χ3v) is 4.66. The van der Waals surface area contributed by atoms with Crippen LogP contribution in [0.15, 0.2) is 39.4 Å². The van der Waals surface area contributed by atoms with Crippen molar-refractivity contribution in [1.82, 2.24) is 0 Å². The monoisotopic (exact) mass is 302 g/mol. The van der Waals surface area contributed by atoms with Crippen LogP contribution in [0.2, 0.25) is 0 Å². The standard InChI is InChI=1S/C15H14N2O3S/c1-9-5-11(17-16-9)7-14-13-8-12(21(2,19)20)4-3-10(13)6-15(14)18/h3-4,7-8H,5-6H2,1-2H3/b14-7-. The third kappa shape index (κ3) is 2.58. The van der Waals surface area contributed by atoms with Gasteiger partial charge in [0, 0.05) is 30.4 Å². The molecule has 6 heteroatoms. The van der Waals surface area contributed by atoms with Gasteiger partial charge in [-0.25, -0.2) is 8.42 Å². The Morgan fingerprint density at radius 3 is 2.57 bits per heavy atom. The van der Waals surface area contributed by atoms with Crippen molar-refractivity contribution in [2.75, 3.05) is 6.26 Å². The summed E-state index contributed by atoms with van der Waals surface area (Å²) in [7, 11) is -3.29. The van der Waals surface area contributed by atoms with Crippen LogP contribution in [0.25, 0.3) is 5.57 Å². The van der Waals surface area contributed by atoms with E-state index in [-0.39, 0.29) is 10.7 Å². The number of carbonyl (C=O) groups is 1. The van der Waals surface area contributed by atoms with Crippen LogP contribution in [-0.4, -0.2) is 31.9 Å². The van der Waals surface area contributed by atoms with E-state index in [0.717, 1.165) is 23.2 Å². The number of rotatable bonds is 2. The average molecular weight is 302 g/mol. The number of benzene rings is 1. The SMILES string of the molecule is CC1=NN=C(/C=C2\C(=O)Cc3ccc(S(C)(=O)=O)cc32)C1. The fourth-order valence-corrected chi connectivity index (χ4v) is 3.14. The fourth-order valence-electron chi connectivity index (χ4n) is 2.50. The van der Waals surface area contributed by atoms with E-state index in [4.69, 9.17) is 0 Å². The molecule has 21 heavy (non-hydrogen) atoms. The van der Waals surface area contributed by atoms with E-state index in [1.165, 1.54) is 0 Å². The quantitative estimate of drug-likeness (QED) is 0.782. The number of carbonyl (C=O) groups excluding carboxylic acids is 1. The summed E-state index contributed by atoms with van der Waals surface area (Å²) in [6, 6.07) is 4.83. The summed E-state index contributed by atoms with van der Waals surface area (Å²) in [5.41, 5.74) is 3.70. The number of hydrogen-bond acceptors (Lipinski definition) is 5. The molecule has 1 aromatic carbocycles. The maximum Gasteiger partial charge on any atom is 0.175 e. The number of fused-ring (bicyclic) bond motifs is 1. The van der Waals surface area contributed by atoms with Crippen LogP contribution in [0, 0.1) is 0 Å². The van der Waals surface area contributed by atoms with Crippen LogP contribution < -0.4 is 0 Å². The molecule has 0 saturated carbocycles. The van der Waals surface area contributed by atoms with Crippen molar-refractivity contribution in [1.29, 1.82) is 0 Å². The van der Waals surface area contributed by atoms with Gasteiger partial charge < -0.3 is 0 Å². The molecular formula is C15H14N2O3S. The first kappa shape index (κ1) is 13.9. The minimum absolute atomic E-state index is 0.0112. The highest BCUT2D eigenvalue weighted by Crippen LogP contribution is 2.32. The molecule has 0 atom stereocenters. The van der Waals surface area contributed by atoms with Crippen molar-refractivity contribution in [2.45, 2.75) is 24.7 Å². The molecule has 1 aliphatic heterocycles. The second-order valence-electron chi connectivity index (χ2n) is 5.35. The zero-order chi connectivity index (χ0) is 15.2. The van der Waals surface area contributed by atoms with Crippen LogP contribution in [0.3, 0.4) is 0 Å². The second-order valence-corrected chi connectivity index (χ2v) is 7.37. The molecule has 0 N–H and O–H groups in total. The Hall–Kier alpha value is -2.08. The molecule has 0 unspecified atom stereocenters. The van der Waals surface area contributed by atoms with E-state index < -0.39 is 9.84 Å². The largest absolute Gasteiger partial charge is 0.294 e. The lowest BCUT2D eigenvalue weighted by Gasteiger charge is -2.04. The molecule has 2 aliphatic rings. The Morgan fingerprint density at radius 1 is 1.19 bits per heavy atom. The highest BCUT2D eigenvalue weighted by atomic mass is 32.2. The first-order valence-electron chi connectivity index (χ1n) is 6.53. The maximum atomic E-state index is 12.2. The molecule has 0 saturated heterocycles. The smallest absolute Gasteiger partial charge is 0.175 e. The summed E-state index contributed by atoms with van der Waals surface area (Å²) in [5, 5.41) is 7.97. The number of nitrogens with zero attached hydrogens (tertiary/aromatic N) is 2. The van der Waals surface area contributed by atoms with E-state index >= 15 is 0 Å². The number of allylic oxidation sites excluding steroid dienone is 2. The first-order chi connectivity index (χ1) is 9.84. The number of Topliss-reactive ketones (excluding diaryl/α,β-unsaturated/α-hetero) is 1. The summed E-state index contributed by atoms with van der Waals surface area (Å²) in [6.07, 6.45) is 3.81. The van der Waals surface area contributed by atoms with Gasteiger partial charge in [0.05, 0.1) is 10.6 Å². The maximum absolute atomic E-state index is 12.2. The molecule has 0 spiro atoms. The van der Waals surface area contributed by atoms with Crippen LogP contribution in [0.4, 0.5) is 0 Å². The Morgan fingerprint density at radius 2 is 1.95 bits per heavy atom. The van der Waals surface area contributed by atoms with Gasteiger partial charge >= 0.3 is 0 Å². The second kappa shape index (κ2) is 4.73. The molecule has 0 fully saturated rings. The van der Waals surface area contributed by atoms with Gasteiger partial charge in [-0.15, -0.1) is 0 Å². The molecule has 0 amide bonds. The predicted octanol–water partition coefficient (Wildman–Crippen LogP) is 1.82. The van der Waals surface area contributed by atoms with Crippen molar-refractivity contribution in [3.05, 3.63) is 35.4 Å². The summed E-state index contributed by atoms with van der Waals surface area (Å²) in [4.78, 5) is 12.4. The molecule has 5 nitrogen and oxygen atoms in total. The van der Waals surface area contributed by atoms with Crippen molar-refractivity contribution in [3.63, 3.8) is 0 Å². The number of hydrogen-bond donors (Lipinski definition) is 0. The molecular weight excluding hydrogens is 288 g/mol. The Balaban J connectivity index is 2.07. The fraction of sp³-hybridized carbons (Fsp3) is 0.267. The van der Waals surface area contributed by atoms with Gasteiger partial charge in [0.25, 0.3) is 0 Å². The molecule has 0 bridgehead atoms. The van der Waals surface area contributed by atoms with Gasteiger partial charge in [-0.05, 0) is 36.3 Å². The highest BCUT2D eigenvalue weighted by Gasteiger charge is 2.26. The first-order valence-corrected chi connectivity index (χ1v) is 8.42. The van der Waals surface area contributed by atoms with E-state index in [2.05, 4.69) is 10.2 Å². The molecule has 1 heterocycles. The van der Waals surface area contributed by atoms with Gasteiger partial charge in [0.15, 0.2) is 15.6 Å². The van der Waals surface area contributed by atoms with Gasteiger partial charge in [0.1, 0.15) is 0 Å². The molecule has 1 aliphatic carbocycles. The lowest BCUT2D eigenvalue weighted by molar-refractivity contribution is -0.112. The minimum Gasteiger partial charge on any atom is -0.294 e. The molecule has 0 aromatic heterocycles. The Labute approximate surface area is 123 Å². The summed E-state index contributed by atoms with van der Waals surface area (Å²) in [5.74, 6) is -0.0112. The van der Waals surface area contributed by atoms with E-state index in [0.29, 0.717) is 24.0 Å². The van der Waals surface area contributed by atoms with Crippen LogP contribution in [-0.2, 0) is 21.1 Å². The zero-order valence-corrected chi connectivity index (χ0v) is 12.6. The molecule has 3 rings (SSSR count). The van der Waals surface area contributed by atoms with E-state index in [9.17, 15) is 13.2 Å². The summed E-state index contributed by atoms with van der Waals surface area (Å²) in [6.45, 7) is 1.88. The molecule has 108 valence electrons. The number of ketones is 1. The lowest BCUT2D eigenvalue weighted by atomic mass is 10.0. The molecule has 0 radical (unpaired) electrons. The third-order valence-electron chi connectivity index (χ3n) is 3.55. The Kier molecular flexibility index (Phi) is 3.13. The van der Waals surface area contributed by atoms with Crippen molar-refractivity contribution < 1.29 is 13.2 Å². The van der Waals surface area contributed by atoms with Crippen LogP contribution in [0.1, 0.15) is 24.5 Å². The van der Waals surface area contributed by atoms with E-state index in [1.54, 1.807) is 24.3 Å². The van der Waals surface area contributed by atoms with E-state index in [1.807, 2.05) is 6.92 Å². The lowest BCUT2D eigenvalue weighted by Crippen LogP contribution is -2.01. The highest BCUT2D eigenvalue weighted by molar-refractivity contribution is 7.90. The minimum atomic E-state index is -3.29. The Bertz CT molecular complexity index is 846. The van der Waals surface area contributed by atoms with Gasteiger partial charge in [-0.3, -0.25) is 4.79 Å². The van der Waals surface area contributed by atoms with Crippen LogP contribution in [0.5, 0.6) is 0 Å². The van der Waals surface area contributed by atoms with Crippen LogP contribution >= 0.6 is 0 Å². The average Bonchev–Trinajstić information content (AvgIpc) is 2.93. The van der Waals surface area contributed by atoms with Gasteiger partial charge in [-0.1, -0.05) is 6.07 Å². The van der Waals surface area contributed by atoms with Crippen molar-refractivity contribution in [3.8, 4) is 0 Å². The number of sulfone groups is 1. The summed E-state index contributed by atoms with van der Waals surface area (Å²) < 4.78 is 23.3. The van der Waals surface area contributed by atoms with Gasteiger partial charge in [0.2, 0.25) is 0 Å². The zero-order valence-electron chi connectivity index (χ0n) is 11.8. The summed E-state index contributed by atoms with van der Waals surface area (Å²) >= 11 is 0. The van der Waals surface area contributed by atoms with Crippen molar-refractivity contribution in [2.24, 2.45) is 10.2 Å². The van der Waals surface area contributed by atoms with Gasteiger partial charge in [-0.2, -0.15) is 10.2 Å². The van der Waals surface area contributed by atoms with Crippen molar-refractivity contribution >= 4 is 32.6 Å². The normalized spacial score (nSPS) is 19.7.